The molecule has 2 aromatic carbocycles. The molecule has 3 rings (SSSR count). The molecule has 1 atom stereocenters. The number of ether oxygens (including phenoxy) is 2. The number of methoxy groups -OCH3 is 2. The normalized spacial score (nSPS) is 18.0. The first-order valence-electron chi connectivity index (χ1n) is 9.51. The highest BCUT2D eigenvalue weighted by molar-refractivity contribution is 8.15. The van der Waals surface area contributed by atoms with Crippen molar-refractivity contribution in [3.63, 3.8) is 0 Å². The topological polar surface area (TPSA) is 63.5 Å². The SMILES string of the molecule is CCC[C@H]1S/C(=N/N=C\c2ccccc2OC)N(Cc2ccc(OC)cc2)C1=O. The Morgan fingerprint density at radius 3 is 2.55 bits per heavy atom. The second-order valence-electron chi connectivity index (χ2n) is 6.54. The van der Waals surface area contributed by atoms with Crippen molar-refractivity contribution in [1.82, 2.24) is 4.90 Å². The third kappa shape index (κ3) is 5.17. The average Bonchev–Trinajstić information content (AvgIpc) is 3.04. The van der Waals surface area contributed by atoms with Crippen LogP contribution < -0.4 is 9.47 Å². The Morgan fingerprint density at radius 1 is 1.10 bits per heavy atom. The number of amides is 1. The van der Waals surface area contributed by atoms with E-state index in [0.717, 1.165) is 35.5 Å². The van der Waals surface area contributed by atoms with E-state index in [9.17, 15) is 4.79 Å². The number of thioether (sulfide) groups is 1. The van der Waals surface area contributed by atoms with Crippen LogP contribution in [-0.2, 0) is 11.3 Å². The zero-order chi connectivity index (χ0) is 20.6. The molecule has 6 nitrogen and oxygen atoms in total. The van der Waals surface area contributed by atoms with Gasteiger partial charge in [-0.25, -0.2) is 0 Å². The second kappa shape index (κ2) is 10.1. The number of para-hydroxylation sites is 1. The smallest absolute Gasteiger partial charge is 0.242 e. The van der Waals surface area contributed by atoms with Crippen LogP contribution in [0.5, 0.6) is 11.5 Å². The maximum absolute atomic E-state index is 12.9. The van der Waals surface area contributed by atoms with Gasteiger partial charge in [0, 0.05) is 5.56 Å². The Kier molecular flexibility index (Phi) is 7.30. The fourth-order valence-corrected chi connectivity index (χ4v) is 4.22. The third-order valence-corrected chi connectivity index (χ3v) is 5.78. The Bertz CT molecular complexity index is 896. The van der Waals surface area contributed by atoms with E-state index in [1.54, 1.807) is 25.3 Å². The molecule has 152 valence electrons. The van der Waals surface area contributed by atoms with Crippen LogP contribution in [0.25, 0.3) is 0 Å². The van der Waals surface area contributed by atoms with Crippen LogP contribution in [0, 0.1) is 0 Å². The molecule has 0 bridgehead atoms. The van der Waals surface area contributed by atoms with Gasteiger partial charge < -0.3 is 9.47 Å². The van der Waals surface area contributed by atoms with Crippen LogP contribution in [0.1, 0.15) is 30.9 Å². The number of hydrogen-bond donors (Lipinski definition) is 0. The third-order valence-electron chi connectivity index (χ3n) is 4.55. The van der Waals surface area contributed by atoms with Crippen molar-refractivity contribution in [1.29, 1.82) is 0 Å². The summed E-state index contributed by atoms with van der Waals surface area (Å²) in [4.78, 5) is 14.6. The maximum Gasteiger partial charge on any atom is 0.242 e. The number of benzene rings is 2. The van der Waals surface area contributed by atoms with E-state index in [0.29, 0.717) is 11.7 Å². The summed E-state index contributed by atoms with van der Waals surface area (Å²) in [6.07, 6.45) is 3.41. The lowest BCUT2D eigenvalue weighted by atomic mass is 10.2. The molecule has 1 amide bonds. The number of carbonyl (C=O) groups excluding carboxylic acids is 1. The van der Waals surface area contributed by atoms with Crippen molar-refractivity contribution in [2.45, 2.75) is 31.6 Å². The van der Waals surface area contributed by atoms with Crippen LogP contribution in [0.4, 0.5) is 0 Å². The molecule has 1 heterocycles. The van der Waals surface area contributed by atoms with E-state index in [2.05, 4.69) is 17.1 Å². The molecule has 2 aromatic rings. The predicted octanol–water partition coefficient (Wildman–Crippen LogP) is 4.34. The van der Waals surface area contributed by atoms with E-state index in [4.69, 9.17) is 9.47 Å². The lowest BCUT2D eigenvalue weighted by Crippen LogP contribution is -2.31. The number of nitrogens with zero attached hydrogens (tertiary/aromatic N) is 3. The largest absolute Gasteiger partial charge is 0.497 e. The molecular weight excluding hydrogens is 386 g/mol. The quantitative estimate of drug-likeness (QED) is 0.479. The zero-order valence-electron chi connectivity index (χ0n) is 16.9. The van der Waals surface area contributed by atoms with E-state index < -0.39 is 0 Å². The van der Waals surface area contributed by atoms with Crippen LogP contribution in [0.2, 0.25) is 0 Å². The molecule has 29 heavy (non-hydrogen) atoms. The van der Waals surface area contributed by atoms with Crippen molar-refractivity contribution >= 4 is 29.1 Å². The van der Waals surface area contributed by atoms with E-state index in [-0.39, 0.29) is 11.2 Å². The minimum Gasteiger partial charge on any atom is -0.497 e. The molecule has 0 radical (unpaired) electrons. The molecule has 7 heteroatoms. The molecule has 1 aliphatic rings. The van der Waals surface area contributed by atoms with Gasteiger partial charge in [-0.2, -0.15) is 5.10 Å². The minimum absolute atomic E-state index is 0.0823. The Hall–Kier alpha value is -2.80. The Labute approximate surface area is 175 Å². The van der Waals surface area contributed by atoms with Crippen molar-refractivity contribution < 1.29 is 14.3 Å². The highest BCUT2D eigenvalue weighted by atomic mass is 32.2. The van der Waals surface area contributed by atoms with Gasteiger partial charge in [-0.1, -0.05) is 49.4 Å². The molecule has 0 aliphatic carbocycles. The van der Waals surface area contributed by atoms with Crippen LogP contribution in [-0.4, -0.2) is 41.7 Å². The Balaban J connectivity index is 1.81. The van der Waals surface area contributed by atoms with Crippen molar-refractivity contribution in [2.24, 2.45) is 10.2 Å². The minimum atomic E-state index is -0.113. The van der Waals surface area contributed by atoms with Gasteiger partial charge in [0.15, 0.2) is 5.17 Å². The van der Waals surface area contributed by atoms with Gasteiger partial charge in [0.1, 0.15) is 11.5 Å². The van der Waals surface area contributed by atoms with Crippen LogP contribution in [0.15, 0.2) is 58.7 Å². The summed E-state index contributed by atoms with van der Waals surface area (Å²) >= 11 is 1.48. The summed E-state index contributed by atoms with van der Waals surface area (Å²) in [6.45, 7) is 2.54. The maximum atomic E-state index is 12.9. The molecular formula is C22H25N3O3S. The first-order valence-corrected chi connectivity index (χ1v) is 10.4. The zero-order valence-corrected chi connectivity index (χ0v) is 17.7. The number of hydrogen-bond acceptors (Lipinski definition) is 6. The van der Waals surface area contributed by atoms with Gasteiger partial charge in [0.2, 0.25) is 5.91 Å². The fraction of sp³-hybridized carbons (Fsp3) is 0.318. The summed E-state index contributed by atoms with van der Waals surface area (Å²) in [5.41, 5.74) is 1.85. The molecule has 1 fully saturated rings. The van der Waals surface area contributed by atoms with E-state index in [1.165, 1.54) is 11.8 Å². The summed E-state index contributed by atoms with van der Waals surface area (Å²) in [7, 11) is 3.26. The average molecular weight is 412 g/mol. The molecule has 0 unspecified atom stereocenters. The molecule has 0 spiro atoms. The van der Waals surface area contributed by atoms with Crippen molar-refractivity contribution in [2.75, 3.05) is 14.2 Å². The molecule has 1 aliphatic heterocycles. The Morgan fingerprint density at radius 2 is 1.86 bits per heavy atom. The summed E-state index contributed by atoms with van der Waals surface area (Å²) in [5, 5.41) is 9.10. The second-order valence-corrected chi connectivity index (χ2v) is 7.71. The lowest BCUT2D eigenvalue weighted by molar-refractivity contribution is -0.126. The van der Waals surface area contributed by atoms with Gasteiger partial charge in [0.25, 0.3) is 0 Å². The fourth-order valence-electron chi connectivity index (χ4n) is 3.00. The summed E-state index contributed by atoms with van der Waals surface area (Å²) < 4.78 is 10.5. The monoisotopic (exact) mass is 411 g/mol. The molecule has 0 saturated carbocycles. The van der Waals surface area contributed by atoms with E-state index in [1.807, 2.05) is 48.5 Å². The van der Waals surface area contributed by atoms with Gasteiger partial charge in [-0.15, -0.1) is 5.10 Å². The van der Waals surface area contributed by atoms with Crippen LogP contribution in [0.3, 0.4) is 0 Å². The van der Waals surface area contributed by atoms with E-state index >= 15 is 0 Å². The molecule has 0 aromatic heterocycles. The predicted molar refractivity (Wildman–Crippen MR) is 118 cm³/mol. The van der Waals surface area contributed by atoms with Crippen molar-refractivity contribution in [3.05, 3.63) is 59.7 Å². The standard InChI is InChI=1S/C22H25N3O3S/c1-4-7-20-21(26)25(15-16-10-12-18(27-2)13-11-16)22(29-20)24-23-14-17-8-5-6-9-19(17)28-3/h5-6,8-14,20H,4,7,15H2,1-3H3/b23-14-,24-22+/t20-/m1/s1. The highest BCUT2D eigenvalue weighted by Crippen LogP contribution is 2.32. The van der Waals surface area contributed by atoms with Gasteiger partial charge in [0.05, 0.1) is 32.2 Å². The summed E-state index contributed by atoms with van der Waals surface area (Å²) in [6, 6.07) is 15.3. The molecule has 0 N–H and O–H groups in total. The summed E-state index contributed by atoms with van der Waals surface area (Å²) in [5.74, 6) is 1.60. The first kappa shape index (κ1) is 20.9. The highest BCUT2D eigenvalue weighted by Gasteiger charge is 2.37. The van der Waals surface area contributed by atoms with Crippen molar-refractivity contribution in [3.8, 4) is 11.5 Å². The first-order chi connectivity index (χ1) is 14.2. The van der Waals surface area contributed by atoms with Gasteiger partial charge in [-0.05, 0) is 36.2 Å². The van der Waals surface area contributed by atoms with Gasteiger partial charge in [-0.3, -0.25) is 9.69 Å². The van der Waals surface area contributed by atoms with Crippen LogP contribution >= 0.6 is 11.8 Å². The lowest BCUT2D eigenvalue weighted by Gasteiger charge is -2.16. The molecule has 1 saturated heterocycles. The number of amidine groups is 1. The number of carbonyl (C=O) groups is 1. The number of rotatable bonds is 8. The van der Waals surface area contributed by atoms with Gasteiger partial charge >= 0.3 is 0 Å².